The minimum Gasteiger partial charge on any atom is -0.489 e. The van der Waals surface area contributed by atoms with Gasteiger partial charge in [0.2, 0.25) is 0 Å². The molecule has 1 unspecified atom stereocenters. The highest BCUT2D eigenvalue weighted by Crippen LogP contribution is 2.33. The molecule has 30 heavy (non-hydrogen) atoms. The summed E-state index contributed by atoms with van der Waals surface area (Å²) in [6.07, 6.45) is 0. The Hall–Kier alpha value is -3.54. The molecule has 3 aromatic rings. The summed E-state index contributed by atoms with van der Waals surface area (Å²) in [6.45, 7) is 3.50. The van der Waals surface area contributed by atoms with E-state index in [1.165, 1.54) is 12.1 Å². The van der Waals surface area contributed by atoms with E-state index in [2.05, 4.69) is 22.9 Å². The number of hydrogen-bond donors (Lipinski definition) is 3. The van der Waals surface area contributed by atoms with Crippen LogP contribution in [0, 0.1) is 5.82 Å². The topological polar surface area (TPSA) is 62.4 Å². The van der Waals surface area contributed by atoms with Gasteiger partial charge in [0.15, 0.2) is 0 Å². The fraction of sp³-hybridized carbons (Fsp3) is 0.208. The van der Waals surface area contributed by atoms with Crippen LogP contribution in [0.5, 0.6) is 5.75 Å². The number of anilines is 2. The summed E-state index contributed by atoms with van der Waals surface area (Å²) in [6, 6.07) is 21.5. The minimum absolute atomic E-state index is 0.224. The van der Waals surface area contributed by atoms with Gasteiger partial charge >= 0.3 is 0 Å². The van der Waals surface area contributed by atoms with E-state index in [-0.39, 0.29) is 23.8 Å². The molecule has 0 fully saturated rings. The largest absolute Gasteiger partial charge is 0.489 e. The minimum atomic E-state index is -0.334. The van der Waals surface area contributed by atoms with E-state index in [0.717, 1.165) is 11.4 Å². The van der Waals surface area contributed by atoms with E-state index in [1.807, 2.05) is 30.3 Å². The number of carbonyl (C=O) groups excluding carboxylic acids is 1. The van der Waals surface area contributed by atoms with Gasteiger partial charge < -0.3 is 20.7 Å². The molecule has 0 aromatic heterocycles. The van der Waals surface area contributed by atoms with Crippen molar-refractivity contribution in [2.45, 2.75) is 19.0 Å². The van der Waals surface area contributed by atoms with Crippen LogP contribution >= 0.6 is 0 Å². The first kappa shape index (κ1) is 19.8. The van der Waals surface area contributed by atoms with Crippen LogP contribution in [-0.4, -0.2) is 24.6 Å². The number of ether oxygens (including phenoxy) is 1. The first-order chi connectivity index (χ1) is 14.5. The molecule has 1 aliphatic heterocycles. The van der Waals surface area contributed by atoms with Crippen molar-refractivity contribution in [2.75, 3.05) is 23.8 Å². The van der Waals surface area contributed by atoms with E-state index in [1.54, 1.807) is 30.3 Å². The highest BCUT2D eigenvalue weighted by atomic mass is 19.1. The van der Waals surface area contributed by atoms with Gasteiger partial charge in [0.25, 0.3) is 5.91 Å². The van der Waals surface area contributed by atoms with E-state index in [0.29, 0.717) is 30.0 Å². The normalized spacial score (nSPS) is 17.3. The number of halogens is 1. The lowest BCUT2D eigenvalue weighted by Crippen LogP contribution is -2.49. The second kappa shape index (κ2) is 8.45. The molecule has 1 aliphatic rings. The number of hydrogen-bond acceptors (Lipinski definition) is 4. The molecule has 0 saturated carbocycles. The van der Waals surface area contributed by atoms with Gasteiger partial charge in [0.05, 0.1) is 11.2 Å². The second-order valence-corrected chi connectivity index (χ2v) is 7.72. The van der Waals surface area contributed by atoms with Crippen LogP contribution in [0.3, 0.4) is 0 Å². The Bertz CT molecular complexity index is 1040. The van der Waals surface area contributed by atoms with Crippen molar-refractivity contribution in [3.05, 3.63) is 89.7 Å². The summed E-state index contributed by atoms with van der Waals surface area (Å²) < 4.78 is 19.2. The molecule has 0 spiro atoms. The molecule has 3 N–H and O–H groups in total. The third kappa shape index (κ3) is 4.71. The molecule has 5 nitrogen and oxygen atoms in total. The molecular weight excluding hydrogens is 381 g/mol. The van der Waals surface area contributed by atoms with Crippen molar-refractivity contribution in [3.63, 3.8) is 0 Å². The van der Waals surface area contributed by atoms with Crippen LogP contribution in [0.4, 0.5) is 15.8 Å². The lowest BCUT2D eigenvalue weighted by Gasteiger charge is -2.37. The number of amides is 1. The highest BCUT2D eigenvalue weighted by molar-refractivity contribution is 5.95. The number of rotatable bonds is 6. The van der Waals surface area contributed by atoms with Gasteiger partial charge in [-0.15, -0.1) is 0 Å². The van der Waals surface area contributed by atoms with Crippen LogP contribution in [0.2, 0.25) is 0 Å². The van der Waals surface area contributed by atoms with E-state index < -0.39 is 0 Å². The van der Waals surface area contributed by atoms with Crippen LogP contribution in [0.1, 0.15) is 22.8 Å². The van der Waals surface area contributed by atoms with E-state index in [4.69, 9.17) is 4.74 Å². The molecule has 0 bridgehead atoms. The average Bonchev–Trinajstić information content (AvgIpc) is 2.76. The van der Waals surface area contributed by atoms with Crippen molar-refractivity contribution in [1.82, 2.24) is 5.32 Å². The summed E-state index contributed by atoms with van der Waals surface area (Å²) in [5, 5.41) is 9.75. The zero-order valence-electron chi connectivity index (χ0n) is 16.7. The lowest BCUT2D eigenvalue weighted by molar-refractivity contribution is 0.0950. The van der Waals surface area contributed by atoms with Crippen LogP contribution < -0.4 is 20.7 Å². The summed E-state index contributed by atoms with van der Waals surface area (Å²) in [7, 11) is 0. The molecule has 0 radical (unpaired) electrons. The van der Waals surface area contributed by atoms with Crippen molar-refractivity contribution in [3.8, 4) is 5.75 Å². The predicted molar refractivity (Wildman–Crippen MR) is 116 cm³/mol. The Morgan fingerprint density at radius 1 is 1.10 bits per heavy atom. The summed E-state index contributed by atoms with van der Waals surface area (Å²) >= 11 is 0. The van der Waals surface area contributed by atoms with Gasteiger partial charge in [-0.1, -0.05) is 30.3 Å². The molecule has 1 amide bonds. The van der Waals surface area contributed by atoms with Crippen LogP contribution in [0.25, 0.3) is 0 Å². The second-order valence-electron chi connectivity index (χ2n) is 7.72. The van der Waals surface area contributed by atoms with Gasteiger partial charge in [0, 0.05) is 24.3 Å². The highest BCUT2D eigenvalue weighted by Gasteiger charge is 2.31. The quantitative estimate of drug-likeness (QED) is 0.568. The SMILES string of the molecule is CC1(CNc2ccccc2)COc2ccc(C(=O)NCc3cccc(F)c3)cc2N1. The van der Waals surface area contributed by atoms with Gasteiger partial charge in [-0.2, -0.15) is 0 Å². The molecule has 0 saturated heterocycles. The Morgan fingerprint density at radius 2 is 1.93 bits per heavy atom. The number of para-hydroxylation sites is 1. The summed E-state index contributed by atoms with van der Waals surface area (Å²) in [4.78, 5) is 12.6. The van der Waals surface area contributed by atoms with Crippen molar-refractivity contribution in [2.24, 2.45) is 0 Å². The molecule has 1 atom stereocenters. The zero-order valence-corrected chi connectivity index (χ0v) is 16.7. The maximum absolute atomic E-state index is 13.3. The standard InChI is InChI=1S/C24H24FN3O2/c1-24(15-27-20-8-3-2-4-9-20)16-30-22-11-10-18(13-21(22)28-24)23(29)26-14-17-6-5-7-19(25)12-17/h2-13,27-28H,14-16H2,1H3,(H,26,29). The molecule has 1 heterocycles. The fourth-order valence-corrected chi connectivity index (χ4v) is 3.37. The maximum Gasteiger partial charge on any atom is 0.251 e. The van der Waals surface area contributed by atoms with Gasteiger partial charge in [-0.25, -0.2) is 4.39 Å². The molecule has 4 rings (SSSR count). The Balaban J connectivity index is 1.41. The van der Waals surface area contributed by atoms with E-state index >= 15 is 0 Å². The average molecular weight is 405 g/mol. The number of fused-ring (bicyclic) bond motifs is 1. The Labute approximate surface area is 175 Å². The smallest absolute Gasteiger partial charge is 0.251 e. The summed E-state index contributed by atoms with van der Waals surface area (Å²) in [5.41, 5.74) is 2.71. The molecule has 0 aliphatic carbocycles. The van der Waals surface area contributed by atoms with Gasteiger partial charge in [-0.3, -0.25) is 4.79 Å². The number of nitrogens with one attached hydrogen (secondary N) is 3. The van der Waals surface area contributed by atoms with Crippen LogP contribution in [0.15, 0.2) is 72.8 Å². The third-order valence-electron chi connectivity index (χ3n) is 5.02. The maximum atomic E-state index is 13.3. The Morgan fingerprint density at radius 3 is 2.73 bits per heavy atom. The number of carbonyl (C=O) groups is 1. The molecular formula is C24H24FN3O2. The van der Waals surface area contributed by atoms with E-state index in [9.17, 15) is 9.18 Å². The number of benzene rings is 3. The zero-order chi connectivity index (χ0) is 21.0. The fourth-order valence-electron chi connectivity index (χ4n) is 3.37. The Kier molecular flexibility index (Phi) is 5.57. The monoisotopic (exact) mass is 405 g/mol. The van der Waals surface area contributed by atoms with Crippen molar-refractivity contribution >= 4 is 17.3 Å². The molecule has 154 valence electrons. The van der Waals surface area contributed by atoms with Gasteiger partial charge in [-0.05, 0) is 55.0 Å². The first-order valence-electron chi connectivity index (χ1n) is 9.87. The summed E-state index contributed by atoms with van der Waals surface area (Å²) in [5.74, 6) is 0.174. The third-order valence-corrected chi connectivity index (χ3v) is 5.02. The van der Waals surface area contributed by atoms with Crippen molar-refractivity contribution < 1.29 is 13.9 Å². The van der Waals surface area contributed by atoms with Crippen molar-refractivity contribution in [1.29, 1.82) is 0 Å². The lowest BCUT2D eigenvalue weighted by atomic mass is 10.00. The predicted octanol–water partition coefficient (Wildman–Crippen LogP) is 4.43. The van der Waals surface area contributed by atoms with Gasteiger partial charge in [0.1, 0.15) is 18.2 Å². The molecule has 3 aromatic carbocycles. The first-order valence-corrected chi connectivity index (χ1v) is 9.87. The van der Waals surface area contributed by atoms with Crippen LogP contribution in [-0.2, 0) is 6.54 Å². The molecule has 6 heteroatoms.